The van der Waals surface area contributed by atoms with Crippen molar-refractivity contribution >= 4 is 87.1 Å². The van der Waals surface area contributed by atoms with Crippen molar-refractivity contribution in [3.05, 3.63) is 55.4 Å². The van der Waals surface area contributed by atoms with E-state index in [0.717, 1.165) is 46.3 Å². The minimum Gasteiger partial charge on any atom is -0.743 e. The number of rotatable bonds is 4. The van der Waals surface area contributed by atoms with Crippen molar-refractivity contribution in [2.24, 2.45) is 0 Å². The Balaban J connectivity index is 1.86. The van der Waals surface area contributed by atoms with Gasteiger partial charge in [-0.05, 0) is 37.3 Å². The SMILES string of the molecule is CCN1C(=Cc2sc3ccc(Br)cc3[n+]2CS(=O)(=O)[O-])Sc2ccc(Br)cc21. The molecule has 3 aromatic rings. The zero-order chi connectivity index (χ0) is 20.1. The van der Waals surface area contributed by atoms with Crippen molar-refractivity contribution in [3.8, 4) is 0 Å². The van der Waals surface area contributed by atoms with Crippen LogP contribution in [0.4, 0.5) is 5.69 Å². The first-order valence-electron chi connectivity index (χ1n) is 8.27. The number of halogens is 2. The average Bonchev–Trinajstić information content (AvgIpc) is 3.11. The second-order valence-electron chi connectivity index (χ2n) is 6.11. The topological polar surface area (TPSA) is 64.3 Å². The lowest BCUT2D eigenvalue weighted by atomic mass is 10.3. The maximum atomic E-state index is 11.5. The average molecular weight is 562 g/mol. The quantitative estimate of drug-likeness (QED) is 0.326. The van der Waals surface area contributed by atoms with E-state index in [9.17, 15) is 13.0 Å². The van der Waals surface area contributed by atoms with Crippen LogP contribution in [0, 0.1) is 0 Å². The summed E-state index contributed by atoms with van der Waals surface area (Å²) >= 11 is 10.0. The van der Waals surface area contributed by atoms with E-state index in [-0.39, 0.29) is 0 Å². The molecule has 1 aliphatic heterocycles. The molecule has 0 bridgehead atoms. The summed E-state index contributed by atoms with van der Waals surface area (Å²) in [6, 6.07) is 11.8. The highest BCUT2D eigenvalue weighted by atomic mass is 79.9. The normalized spacial score (nSPS) is 15.6. The third-order valence-corrected chi connectivity index (χ3v) is 8.02. The first-order chi connectivity index (χ1) is 13.2. The Morgan fingerprint density at radius 3 is 2.61 bits per heavy atom. The predicted molar refractivity (Wildman–Crippen MR) is 120 cm³/mol. The molecule has 0 atom stereocenters. The molecular formula is C18H14Br2N2O3S3. The summed E-state index contributed by atoms with van der Waals surface area (Å²) in [5.74, 6) is -0.599. The number of nitrogens with zero attached hydrogens (tertiary/aromatic N) is 2. The molecule has 0 N–H and O–H groups in total. The van der Waals surface area contributed by atoms with E-state index in [1.165, 1.54) is 11.3 Å². The molecule has 28 heavy (non-hydrogen) atoms. The van der Waals surface area contributed by atoms with Crippen LogP contribution in [0.5, 0.6) is 0 Å². The number of hydrogen-bond acceptors (Lipinski definition) is 6. The Labute approximate surface area is 188 Å². The fourth-order valence-corrected chi connectivity index (χ4v) is 6.76. The Morgan fingerprint density at radius 1 is 1.18 bits per heavy atom. The molecule has 5 nitrogen and oxygen atoms in total. The third kappa shape index (κ3) is 4.03. The number of fused-ring (bicyclic) bond motifs is 2. The standard InChI is InChI=1S/C18H14Br2N2O3S3/c1-2-21-13-7-11(19)3-5-15(13)26-17(21)9-18-22(10-28(23,24)25)14-8-12(20)4-6-16(14)27-18/h3-9H,2,10H2,1H3. The van der Waals surface area contributed by atoms with Gasteiger partial charge >= 0.3 is 0 Å². The number of benzene rings is 2. The maximum Gasteiger partial charge on any atom is 0.266 e. The van der Waals surface area contributed by atoms with Gasteiger partial charge in [-0.1, -0.05) is 55.0 Å². The predicted octanol–water partition coefficient (Wildman–Crippen LogP) is 5.15. The number of hydrogen-bond donors (Lipinski definition) is 0. The molecule has 4 rings (SSSR count). The first kappa shape index (κ1) is 20.4. The molecule has 0 radical (unpaired) electrons. The summed E-state index contributed by atoms with van der Waals surface area (Å²) < 4.78 is 38.9. The fourth-order valence-electron chi connectivity index (χ4n) is 3.09. The summed E-state index contributed by atoms with van der Waals surface area (Å²) in [7, 11) is -4.44. The van der Waals surface area contributed by atoms with Crippen LogP contribution in [0.15, 0.2) is 55.3 Å². The van der Waals surface area contributed by atoms with Gasteiger partial charge in [0.25, 0.3) is 5.01 Å². The van der Waals surface area contributed by atoms with Gasteiger partial charge in [-0.2, -0.15) is 4.57 Å². The van der Waals surface area contributed by atoms with E-state index < -0.39 is 16.0 Å². The number of aromatic nitrogens is 1. The number of thioether (sulfide) groups is 1. The van der Waals surface area contributed by atoms with Crippen LogP contribution < -0.4 is 9.47 Å². The number of thiazole rings is 1. The van der Waals surface area contributed by atoms with Crippen molar-refractivity contribution in [2.75, 3.05) is 11.4 Å². The zero-order valence-corrected chi connectivity index (χ0v) is 20.2. The first-order valence-corrected chi connectivity index (χ1v) is 13.1. The van der Waals surface area contributed by atoms with E-state index in [1.54, 1.807) is 16.3 Å². The van der Waals surface area contributed by atoms with Crippen molar-refractivity contribution < 1.29 is 17.5 Å². The van der Waals surface area contributed by atoms with Crippen molar-refractivity contribution in [1.29, 1.82) is 0 Å². The van der Waals surface area contributed by atoms with Crippen molar-refractivity contribution in [1.82, 2.24) is 0 Å². The van der Waals surface area contributed by atoms with Crippen LogP contribution in [-0.2, 0) is 16.0 Å². The van der Waals surface area contributed by atoms with Gasteiger partial charge in [-0.3, -0.25) is 0 Å². The van der Waals surface area contributed by atoms with E-state index >= 15 is 0 Å². The van der Waals surface area contributed by atoms with Crippen LogP contribution >= 0.6 is 55.0 Å². The highest BCUT2D eigenvalue weighted by Gasteiger charge is 2.28. The molecule has 0 fully saturated rings. The summed E-state index contributed by atoms with van der Waals surface area (Å²) in [6.45, 7) is 2.85. The summed E-state index contributed by atoms with van der Waals surface area (Å²) in [6.07, 6.45) is 1.96. The fraction of sp³-hybridized carbons (Fsp3) is 0.167. The molecule has 1 aromatic heterocycles. The van der Waals surface area contributed by atoms with E-state index in [2.05, 4.69) is 55.8 Å². The molecule has 2 aromatic carbocycles. The van der Waals surface area contributed by atoms with E-state index in [0.29, 0.717) is 0 Å². The van der Waals surface area contributed by atoms with Gasteiger partial charge < -0.3 is 9.45 Å². The van der Waals surface area contributed by atoms with Crippen LogP contribution in [0.2, 0.25) is 0 Å². The van der Waals surface area contributed by atoms with Crippen LogP contribution in [0.1, 0.15) is 11.9 Å². The molecule has 146 valence electrons. The van der Waals surface area contributed by atoms with Crippen LogP contribution in [0.25, 0.3) is 16.3 Å². The Kier molecular flexibility index (Phi) is 5.62. The zero-order valence-electron chi connectivity index (χ0n) is 14.6. The van der Waals surface area contributed by atoms with Crippen LogP contribution in [-0.4, -0.2) is 19.5 Å². The van der Waals surface area contributed by atoms with E-state index in [1.807, 2.05) is 30.3 Å². The second kappa shape index (κ2) is 7.73. The minimum atomic E-state index is -4.44. The molecule has 0 spiro atoms. The Bertz CT molecular complexity index is 1220. The summed E-state index contributed by atoms with van der Waals surface area (Å²) in [5.41, 5.74) is 1.83. The molecule has 0 aliphatic carbocycles. The largest absolute Gasteiger partial charge is 0.743 e. The highest BCUT2D eigenvalue weighted by Crippen LogP contribution is 2.47. The molecular weight excluding hydrogens is 548 g/mol. The number of anilines is 1. The lowest BCUT2D eigenvalue weighted by Crippen LogP contribution is -2.39. The molecule has 0 saturated carbocycles. The molecule has 0 amide bonds. The Morgan fingerprint density at radius 2 is 1.89 bits per heavy atom. The monoisotopic (exact) mass is 560 g/mol. The smallest absolute Gasteiger partial charge is 0.266 e. The third-order valence-electron chi connectivity index (χ3n) is 4.24. The molecule has 2 heterocycles. The molecule has 1 aliphatic rings. The minimum absolute atomic E-state index is 0.599. The maximum absolute atomic E-state index is 11.5. The van der Waals surface area contributed by atoms with Gasteiger partial charge in [0, 0.05) is 26.5 Å². The molecule has 0 unspecified atom stereocenters. The van der Waals surface area contributed by atoms with Gasteiger partial charge in [-0.15, -0.1) is 0 Å². The lowest BCUT2D eigenvalue weighted by molar-refractivity contribution is -0.649. The highest BCUT2D eigenvalue weighted by molar-refractivity contribution is 9.10. The van der Waals surface area contributed by atoms with E-state index in [4.69, 9.17) is 0 Å². The van der Waals surface area contributed by atoms with Crippen molar-refractivity contribution in [3.63, 3.8) is 0 Å². The molecule has 0 saturated heterocycles. The lowest BCUT2D eigenvalue weighted by Gasteiger charge is -2.17. The Hall–Kier alpha value is -0.910. The summed E-state index contributed by atoms with van der Waals surface area (Å²) in [5, 5.41) is 1.72. The van der Waals surface area contributed by atoms with Crippen LogP contribution in [0.3, 0.4) is 0 Å². The van der Waals surface area contributed by atoms with Gasteiger partial charge in [0.15, 0.2) is 10.1 Å². The van der Waals surface area contributed by atoms with Gasteiger partial charge in [0.1, 0.15) is 4.70 Å². The van der Waals surface area contributed by atoms with Gasteiger partial charge in [-0.25, -0.2) is 8.42 Å². The molecule has 10 heteroatoms. The summed E-state index contributed by atoms with van der Waals surface area (Å²) in [4.78, 5) is 3.32. The van der Waals surface area contributed by atoms with Crippen molar-refractivity contribution in [2.45, 2.75) is 17.7 Å². The second-order valence-corrected chi connectivity index (χ2v) is 11.4. The van der Waals surface area contributed by atoms with Gasteiger partial charge in [0.05, 0.1) is 16.8 Å². The van der Waals surface area contributed by atoms with Gasteiger partial charge in [0.2, 0.25) is 11.4 Å².